The molecule has 1 aromatic carbocycles. The maximum atomic E-state index is 12.2. The lowest BCUT2D eigenvalue weighted by Gasteiger charge is -2.47. The van der Waals surface area contributed by atoms with Crippen molar-refractivity contribution in [2.75, 3.05) is 20.0 Å². The Morgan fingerprint density at radius 1 is 1.15 bits per heavy atom. The lowest BCUT2D eigenvalue weighted by molar-refractivity contribution is -0.271. The normalized spacial score (nSPS) is 27.8. The van der Waals surface area contributed by atoms with E-state index in [0.29, 0.717) is 23.9 Å². The Bertz CT molecular complexity index is 811. The molecule has 9 heteroatoms. The fourth-order valence-electron chi connectivity index (χ4n) is 3.75. The second-order valence-electron chi connectivity index (χ2n) is 9.60. The van der Waals surface area contributed by atoms with E-state index < -0.39 is 32.7 Å². The van der Waals surface area contributed by atoms with Crippen molar-refractivity contribution in [3.05, 3.63) is 46.6 Å². The van der Waals surface area contributed by atoms with Crippen molar-refractivity contribution < 1.29 is 33.6 Å². The molecule has 184 valence electrons. The Hall–Kier alpha value is -1.20. The quantitative estimate of drug-likeness (QED) is 0.280. The van der Waals surface area contributed by atoms with Gasteiger partial charge in [-0.2, -0.15) is 0 Å². The molecule has 2 heterocycles. The number of carbonyl (C=O) groups is 1. The van der Waals surface area contributed by atoms with Crippen molar-refractivity contribution >= 4 is 25.6 Å². The minimum atomic E-state index is -1.21. The summed E-state index contributed by atoms with van der Waals surface area (Å²) in [6.45, 7) is 11.0. The van der Waals surface area contributed by atoms with Crippen molar-refractivity contribution in [1.82, 2.24) is 0 Å². The number of benzene rings is 1. The van der Waals surface area contributed by atoms with Crippen LogP contribution >= 0.6 is 11.8 Å². The number of fused-ring (bicyclic) bond motifs is 1. The van der Waals surface area contributed by atoms with Crippen LogP contribution < -0.4 is 0 Å². The van der Waals surface area contributed by atoms with E-state index in [1.807, 2.05) is 30.3 Å². The molecule has 2 aliphatic rings. The highest BCUT2D eigenvalue weighted by Gasteiger charge is 2.51. The molecule has 0 radical (unpaired) electrons. The van der Waals surface area contributed by atoms with E-state index >= 15 is 0 Å². The van der Waals surface area contributed by atoms with Gasteiger partial charge in [-0.1, -0.05) is 50.0 Å². The predicted molar refractivity (Wildman–Crippen MR) is 130 cm³/mol. The summed E-state index contributed by atoms with van der Waals surface area (Å²) in [6, 6.07) is 10.9. The zero-order valence-electron chi connectivity index (χ0n) is 20.1. The highest BCUT2D eigenvalue weighted by molar-refractivity contribution is 8.04. The fraction of sp³-hybridized carbons (Fsp3) is 0.625. The molecule has 1 aromatic rings. The highest BCUT2D eigenvalue weighted by atomic mass is 32.2. The minimum absolute atomic E-state index is 0.0629. The first-order valence-electron chi connectivity index (χ1n) is 11.4. The van der Waals surface area contributed by atoms with Crippen LogP contribution in [-0.2, 0) is 35.1 Å². The molecular weight excluding hydrogens is 460 g/mol. The van der Waals surface area contributed by atoms with Gasteiger partial charge in [-0.25, -0.2) is 0 Å². The average Bonchev–Trinajstić information content (AvgIpc) is 2.76. The second kappa shape index (κ2) is 12.0. The van der Waals surface area contributed by atoms with E-state index in [4.69, 9.17) is 23.7 Å². The van der Waals surface area contributed by atoms with Gasteiger partial charge in [0, 0.05) is 14.7 Å². The third-order valence-corrected chi connectivity index (χ3v) is 8.86. The highest BCUT2D eigenvalue weighted by Crippen LogP contribution is 2.43. The average molecular weight is 497 g/mol. The van der Waals surface area contributed by atoms with Crippen molar-refractivity contribution in [3.8, 4) is 0 Å². The molecule has 0 spiro atoms. The van der Waals surface area contributed by atoms with Crippen LogP contribution in [0.5, 0.6) is 0 Å². The standard InChI is InChI=1S/C24H36O7SSi/c1-16(26)22-17(2)30-24-23(32-22)21(29-15-27-11-12-33(3,4)5)20(19(13-25)31-24)28-14-18-9-7-6-8-10-18/h6-10,19-21,23-25H,11-15H2,1-5H3/t19-,20-,21+,23+,24-/m1/s1. The maximum absolute atomic E-state index is 12.2. The number of hydrogen-bond acceptors (Lipinski definition) is 8. The SMILES string of the molecule is CC(=O)C1=C(C)O[C@@H]2O[C@H](CO)[C@@H](OCc3ccccc3)[C@H](OCOCC[Si](C)(C)C)[C@@H]2S1. The van der Waals surface area contributed by atoms with Gasteiger partial charge in [-0.15, -0.1) is 11.8 Å². The number of rotatable bonds is 11. The topological polar surface area (TPSA) is 83.5 Å². The van der Waals surface area contributed by atoms with Crippen LogP contribution in [-0.4, -0.2) is 68.8 Å². The molecule has 2 aliphatic heterocycles. The molecule has 7 nitrogen and oxygen atoms in total. The number of carbonyl (C=O) groups excluding carboxylic acids is 1. The van der Waals surface area contributed by atoms with Crippen LogP contribution in [0.25, 0.3) is 0 Å². The number of aliphatic hydroxyl groups excluding tert-OH is 1. The molecule has 0 bridgehead atoms. The zero-order chi connectivity index (χ0) is 24.0. The Morgan fingerprint density at radius 3 is 2.52 bits per heavy atom. The Morgan fingerprint density at radius 2 is 1.88 bits per heavy atom. The molecular formula is C24H36O7SSi. The number of ether oxygens (including phenoxy) is 5. The van der Waals surface area contributed by atoms with Gasteiger partial charge in [0.1, 0.15) is 36.1 Å². The first kappa shape index (κ1) is 26.4. The molecule has 1 N–H and O–H groups in total. The number of Topliss-reactive ketones (excluding diaryl/α,β-unsaturated/α-hetero) is 1. The summed E-state index contributed by atoms with van der Waals surface area (Å²) in [5, 5.41) is 9.72. The second-order valence-corrected chi connectivity index (χ2v) is 16.4. The van der Waals surface area contributed by atoms with Gasteiger partial charge in [0.2, 0.25) is 6.29 Å². The Kier molecular flexibility index (Phi) is 9.58. The van der Waals surface area contributed by atoms with E-state index in [2.05, 4.69) is 19.6 Å². The van der Waals surface area contributed by atoms with E-state index in [9.17, 15) is 9.90 Å². The number of hydrogen-bond donors (Lipinski definition) is 1. The number of aliphatic hydroxyl groups is 1. The molecule has 1 saturated heterocycles. The van der Waals surface area contributed by atoms with Gasteiger partial charge >= 0.3 is 0 Å². The van der Waals surface area contributed by atoms with Crippen LogP contribution in [0.15, 0.2) is 41.0 Å². The molecule has 0 aliphatic carbocycles. The van der Waals surface area contributed by atoms with Crippen LogP contribution in [0.3, 0.4) is 0 Å². The number of ketones is 1. The molecule has 33 heavy (non-hydrogen) atoms. The summed E-state index contributed by atoms with van der Waals surface area (Å²) in [6.07, 6.45) is -2.34. The maximum Gasteiger partial charge on any atom is 0.214 e. The van der Waals surface area contributed by atoms with Gasteiger partial charge in [0.15, 0.2) is 5.78 Å². The Balaban J connectivity index is 1.76. The molecule has 0 aromatic heterocycles. The largest absolute Gasteiger partial charge is 0.467 e. The van der Waals surface area contributed by atoms with Gasteiger partial charge in [0.25, 0.3) is 0 Å². The third-order valence-electron chi connectivity index (χ3n) is 5.58. The van der Waals surface area contributed by atoms with Crippen molar-refractivity contribution in [2.24, 2.45) is 0 Å². The first-order chi connectivity index (χ1) is 15.7. The third kappa shape index (κ3) is 7.39. The molecule has 0 unspecified atom stereocenters. The lowest BCUT2D eigenvalue weighted by Crippen LogP contribution is -2.60. The summed E-state index contributed by atoms with van der Waals surface area (Å²) >= 11 is 1.39. The minimum Gasteiger partial charge on any atom is -0.467 e. The first-order valence-corrected chi connectivity index (χ1v) is 15.9. The summed E-state index contributed by atoms with van der Waals surface area (Å²) in [5.41, 5.74) is 1.01. The van der Waals surface area contributed by atoms with E-state index in [-0.39, 0.29) is 24.4 Å². The van der Waals surface area contributed by atoms with E-state index in [1.165, 1.54) is 18.7 Å². The zero-order valence-corrected chi connectivity index (χ0v) is 21.9. The fourth-order valence-corrected chi connectivity index (χ4v) is 5.75. The van der Waals surface area contributed by atoms with Gasteiger partial charge in [-0.3, -0.25) is 4.79 Å². The summed E-state index contributed by atoms with van der Waals surface area (Å²) in [5.74, 6) is 0.464. The van der Waals surface area contributed by atoms with Crippen LogP contribution in [0, 0.1) is 0 Å². The molecule has 0 amide bonds. The van der Waals surface area contributed by atoms with Crippen LogP contribution in [0.2, 0.25) is 25.7 Å². The van der Waals surface area contributed by atoms with Crippen molar-refractivity contribution in [2.45, 2.75) is 76.0 Å². The summed E-state index contributed by atoms with van der Waals surface area (Å²) < 4.78 is 30.2. The number of allylic oxidation sites excluding steroid dienone is 2. The van der Waals surface area contributed by atoms with Crippen LogP contribution in [0.1, 0.15) is 19.4 Å². The Labute approximate surface area is 201 Å². The lowest BCUT2D eigenvalue weighted by atomic mass is 10.0. The van der Waals surface area contributed by atoms with Gasteiger partial charge < -0.3 is 28.8 Å². The van der Waals surface area contributed by atoms with Crippen molar-refractivity contribution in [3.63, 3.8) is 0 Å². The molecule has 0 saturated carbocycles. The monoisotopic (exact) mass is 496 g/mol. The van der Waals surface area contributed by atoms with Gasteiger partial charge in [-0.05, 0) is 25.5 Å². The summed E-state index contributed by atoms with van der Waals surface area (Å²) in [4.78, 5) is 12.7. The number of thioether (sulfide) groups is 1. The summed E-state index contributed by atoms with van der Waals surface area (Å²) in [7, 11) is -1.21. The van der Waals surface area contributed by atoms with E-state index in [0.717, 1.165) is 11.6 Å². The van der Waals surface area contributed by atoms with Gasteiger partial charge in [0.05, 0.1) is 18.1 Å². The smallest absolute Gasteiger partial charge is 0.214 e. The molecule has 3 rings (SSSR count). The predicted octanol–water partition coefficient (Wildman–Crippen LogP) is 3.94. The molecule has 1 fully saturated rings. The van der Waals surface area contributed by atoms with Crippen LogP contribution in [0.4, 0.5) is 0 Å². The van der Waals surface area contributed by atoms with E-state index in [1.54, 1.807) is 6.92 Å². The molecule has 5 atom stereocenters. The van der Waals surface area contributed by atoms with Crippen molar-refractivity contribution in [1.29, 1.82) is 0 Å².